The summed E-state index contributed by atoms with van der Waals surface area (Å²) >= 11 is 7.51. The minimum Gasteiger partial charge on any atom is -0.494 e. The zero-order chi connectivity index (χ0) is 25.0. The molecule has 1 amide bonds. The van der Waals surface area contributed by atoms with E-state index in [0.717, 1.165) is 31.3 Å². The van der Waals surface area contributed by atoms with E-state index in [0.29, 0.717) is 32.7 Å². The molecule has 2 aromatic carbocycles. The van der Waals surface area contributed by atoms with E-state index in [1.54, 1.807) is 12.1 Å². The number of nitro groups is 2. The second-order valence-electron chi connectivity index (χ2n) is 7.16. The number of anilines is 1. The van der Waals surface area contributed by atoms with Crippen LogP contribution in [-0.2, 0) is 0 Å². The zero-order valence-corrected chi connectivity index (χ0v) is 20.3. The van der Waals surface area contributed by atoms with Crippen molar-refractivity contribution in [2.75, 3.05) is 38.2 Å². The number of nitro benzene ring substituents is 2. The minimum absolute atomic E-state index is 0.183. The summed E-state index contributed by atoms with van der Waals surface area (Å²) in [6, 6.07) is 6.21. The average molecular weight is 508 g/mol. The molecular weight excluding hydrogens is 486 g/mol. The predicted octanol–water partition coefficient (Wildman–Crippen LogP) is 4.76. The van der Waals surface area contributed by atoms with Gasteiger partial charge in [-0.25, -0.2) is 4.98 Å². The number of ether oxygens (including phenoxy) is 1. The van der Waals surface area contributed by atoms with E-state index in [4.69, 9.17) is 16.3 Å². The van der Waals surface area contributed by atoms with Crippen LogP contribution in [-0.4, -0.2) is 58.9 Å². The first-order chi connectivity index (χ1) is 16.2. The quantitative estimate of drug-likeness (QED) is 0.283. The molecule has 0 spiro atoms. The molecule has 180 valence electrons. The lowest BCUT2D eigenvalue weighted by Crippen LogP contribution is -2.39. The van der Waals surface area contributed by atoms with Crippen molar-refractivity contribution in [1.29, 1.82) is 0 Å². The van der Waals surface area contributed by atoms with Gasteiger partial charge in [0, 0.05) is 25.2 Å². The van der Waals surface area contributed by atoms with E-state index < -0.39 is 27.1 Å². The zero-order valence-electron chi connectivity index (χ0n) is 18.7. The fourth-order valence-corrected chi connectivity index (χ4v) is 4.65. The number of non-ortho nitro benzene ring substituents is 2. The first kappa shape index (κ1) is 25.3. The average Bonchev–Trinajstić information content (AvgIpc) is 3.27. The highest BCUT2D eigenvalue weighted by molar-refractivity contribution is 7.23. The third kappa shape index (κ3) is 5.24. The molecule has 0 unspecified atom stereocenters. The van der Waals surface area contributed by atoms with Gasteiger partial charge in [0.15, 0.2) is 5.13 Å². The summed E-state index contributed by atoms with van der Waals surface area (Å²) in [4.78, 5) is 42.7. The van der Waals surface area contributed by atoms with E-state index in [2.05, 4.69) is 9.88 Å². The van der Waals surface area contributed by atoms with Gasteiger partial charge in [-0.2, -0.15) is 0 Å². The minimum atomic E-state index is -0.771. The Labute approximate surface area is 203 Å². The molecule has 0 radical (unpaired) electrons. The monoisotopic (exact) mass is 507 g/mol. The first-order valence-electron chi connectivity index (χ1n) is 10.3. The van der Waals surface area contributed by atoms with E-state index in [1.165, 1.54) is 23.3 Å². The summed E-state index contributed by atoms with van der Waals surface area (Å²) in [5.74, 6) is -0.169. The summed E-state index contributed by atoms with van der Waals surface area (Å²) in [6.07, 6.45) is 0. The maximum absolute atomic E-state index is 13.6. The highest BCUT2D eigenvalue weighted by Crippen LogP contribution is 2.39. The molecule has 1 aromatic heterocycles. The predicted molar refractivity (Wildman–Crippen MR) is 130 cm³/mol. The molecule has 11 nitrogen and oxygen atoms in total. The Morgan fingerprint density at radius 3 is 2.24 bits per heavy atom. The molecular formula is C21H22ClN5O6S. The van der Waals surface area contributed by atoms with Crippen LogP contribution in [0.2, 0.25) is 5.02 Å². The van der Waals surface area contributed by atoms with Crippen LogP contribution in [0.5, 0.6) is 5.75 Å². The van der Waals surface area contributed by atoms with Gasteiger partial charge in [-0.1, -0.05) is 36.8 Å². The van der Waals surface area contributed by atoms with Gasteiger partial charge in [0.1, 0.15) is 11.3 Å². The Morgan fingerprint density at radius 2 is 1.71 bits per heavy atom. The fourth-order valence-electron chi connectivity index (χ4n) is 3.37. The van der Waals surface area contributed by atoms with E-state index in [1.807, 2.05) is 13.8 Å². The lowest BCUT2D eigenvalue weighted by atomic mass is 10.1. The van der Waals surface area contributed by atoms with Crippen molar-refractivity contribution >= 4 is 55.6 Å². The number of benzene rings is 2. The van der Waals surface area contributed by atoms with Gasteiger partial charge in [-0.3, -0.25) is 29.9 Å². The van der Waals surface area contributed by atoms with Gasteiger partial charge in [0.05, 0.1) is 38.3 Å². The molecule has 3 rings (SSSR count). The number of aromatic nitrogens is 1. The number of nitrogens with zero attached hydrogens (tertiary/aromatic N) is 5. The molecule has 0 bridgehead atoms. The molecule has 0 aliphatic carbocycles. The van der Waals surface area contributed by atoms with Gasteiger partial charge in [0.25, 0.3) is 17.3 Å². The smallest absolute Gasteiger partial charge is 0.277 e. The fraction of sp³-hybridized carbons (Fsp3) is 0.333. The Morgan fingerprint density at radius 1 is 1.09 bits per heavy atom. The number of hydrogen-bond acceptors (Lipinski definition) is 9. The number of rotatable bonds is 10. The van der Waals surface area contributed by atoms with Crippen molar-refractivity contribution in [2.24, 2.45) is 0 Å². The normalized spacial score (nSPS) is 11.1. The van der Waals surface area contributed by atoms with E-state index in [9.17, 15) is 25.0 Å². The molecule has 13 heteroatoms. The van der Waals surface area contributed by atoms with Gasteiger partial charge < -0.3 is 9.64 Å². The maximum Gasteiger partial charge on any atom is 0.277 e. The molecule has 3 aromatic rings. The third-order valence-electron chi connectivity index (χ3n) is 5.25. The van der Waals surface area contributed by atoms with Crippen LogP contribution in [0, 0.1) is 20.2 Å². The van der Waals surface area contributed by atoms with Crippen molar-refractivity contribution < 1.29 is 19.4 Å². The van der Waals surface area contributed by atoms with Crippen LogP contribution in [0.3, 0.4) is 0 Å². The summed E-state index contributed by atoms with van der Waals surface area (Å²) in [6.45, 7) is 6.18. The van der Waals surface area contributed by atoms with Crippen molar-refractivity contribution in [3.8, 4) is 5.75 Å². The first-order valence-corrected chi connectivity index (χ1v) is 11.5. The number of halogens is 1. The van der Waals surface area contributed by atoms with Crippen molar-refractivity contribution in [1.82, 2.24) is 9.88 Å². The van der Waals surface area contributed by atoms with Crippen LogP contribution in [0.25, 0.3) is 10.2 Å². The summed E-state index contributed by atoms with van der Waals surface area (Å²) in [5, 5.41) is 23.4. The highest BCUT2D eigenvalue weighted by Gasteiger charge is 2.27. The molecule has 0 saturated carbocycles. The number of carbonyl (C=O) groups excluding carboxylic acids is 1. The lowest BCUT2D eigenvalue weighted by Gasteiger charge is -2.24. The van der Waals surface area contributed by atoms with Gasteiger partial charge >= 0.3 is 0 Å². The summed E-state index contributed by atoms with van der Waals surface area (Å²) in [5.41, 5.74) is -0.802. The number of thiazole rings is 1. The van der Waals surface area contributed by atoms with Gasteiger partial charge in [0.2, 0.25) is 0 Å². The standard InChI is InChI=1S/C21H22ClN5O6S/c1-4-24(5-2)8-9-25(21-23-18-17(33-3)7-6-16(22)19(18)34-21)20(28)13-10-14(26(29)30)12-15(11-13)27(31)32/h6-7,10-12H,4-5,8-9H2,1-3H3. The molecule has 0 atom stereocenters. The third-order valence-corrected chi connectivity index (χ3v) is 6.79. The van der Waals surface area contributed by atoms with E-state index in [-0.39, 0.29) is 12.1 Å². The Bertz CT molecular complexity index is 1210. The molecule has 0 aliphatic heterocycles. The molecule has 0 N–H and O–H groups in total. The Kier molecular flexibility index (Phi) is 7.97. The van der Waals surface area contributed by atoms with E-state index >= 15 is 0 Å². The number of methoxy groups -OCH3 is 1. The molecule has 34 heavy (non-hydrogen) atoms. The van der Waals surface area contributed by atoms with Crippen LogP contribution < -0.4 is 9.64 Å². The molecule has 0 fully saturated rings. The molecule has 1 heterocycles. The lowest BCUT2D eigenvalue weighted by molar-refractivity contribution is -0.394. The highest BCUT2D eigenvalue weighted by atomic mass is 35.5. The maximum atomic E-state index is 13.6. The molecule has 0 aliphatic rings. The van der Waals surface area contributed by atoms with Crippen LogP contribution in [0.1, 0.15) is 24.2 Å². The van der Waals surface area contributed by atoms with Crippen molar-refractivity contribution in [3.63, 3.8) is 0 Å². The summed E-state index contributed by atoms with van der Waals surface area (Å²) < 4.78 is 5.97. The Balaban J connectivity index is 2.13. The van der Waals surface area contributed by atoms with Gasteiger partial charge in [-0.15, -0.1) is 0 Å². The second-order valence-corrected chi connectivity index (χ2v) is 8.54. The summed E-state index contributed by atoms with van der Waals surface area (Å²) in [7, 11) is 1.49. The largest absolute Gasteiger partial charge is 0.494 e. The van der Waals surface area contributed by atoms with Crippen LogP contribution in [0.15, 0.2) is 30.3 Å². The van der Waals surface area contributed by atoms with Gasteiger partial charge in [-0.05, 0) is 25.2 Å². The SMILES string of the molecule is CCN(CC)CCN(C(=O)c1cc([N+](=O)[O-])cc([N+](=O)[O-])c1)c1nc2c(OC)ccc(Cl)c2s1. The Hall–Kier alpha value is -3.35. The number of likely N-dealkylation sites (N-methyl/N-ethyl adjacent to an activating group) is 1. The van der Waals surface area contributed by atoms with Crippen LogP contribution in [0.4, 0.5) is 16.5 Å². The van der Waals surface area contributed by atoms with Crippen molar-refractivity contribution in [2.45, 2.75) is 13.8 Å². The van der Waals surface area contributed by atoms with Crippen LogP contribution >= 0.6 is 22.9 Å². The number of amides is 1. The number of hydrogen-bond donors (Lipinski definition) is 0. The molecule has 0 saturated heterocycles. The number of carbonyl (C=O) groups is 1. The number of fused-ring (bicyclic) bond motifs is 1. The van der Waals surface area contributed by atoms with Crippen molar-refractivity contribution in [3.05, 3.63) is 61.1 Å². The second kappa shape index (κ2) is 10.7. The topological polar surface area (TPSA) is 132 Å².